The van der Waals surface area contributed by atoms with Crippen molar-refractivity contribution in [2.45, 2.75) is 39.2 Å². The average molecular weight is 559 g/mol. The van der Waals surface area contributed by atoms with Gasteiger partial charge in [0.25, 0.3) is 5.56 Å². The fraction of sp³-hybridized carbons (Fsp3) is 0.212. The lowest BCUT2D eigenvalue weighted by Gasteiger charge is -2.17. The Hall–Kier alpha value is -4.72. The van der Waals surface area contributed by atoms with Gasteiger partial charge in [0.05, 0.1) is 0 Å². The normalized spacial score (nSPS) is 11.4. The highest BCUT2D eigenvalue weighted by atomic mass is 19.2. The van der Waals surface area contributed by atoms with E-state index in [1.54, 1.807) is 6.07 Å². The molecular formula is C33H32F2N2O4. The Morgan fingerprint density at radius 2 is 1.78 bits per heavy atom. The van der Waals surface area contributed by atoms with Crippen LogP contribution in [-0.2, 0) is 24.2 Å². The van der Waals surface area contributed by atoms with E-state index in [-0.39, 0.29) is 29.4 Å². The number of benzene rings is 3. The summed E-state index contributed by atoms with van der Waals surface area (Å²) >= 11 is 0. The molecule has 0 saturated heterocycles. The molecule has 4 rings (SSSR count). The first-order chi connectivity index (χ1) is 19.8. The van der Waals surface area contributed by atoms with Crippen molar-refractivity contribution in [3.05, 3.63) is 130 Å². The Kier molecular flexibility index (Phi) is 9.68. The molecule has 8 heteroatoms. The number of aromatic nitrogens is 1. The summed E-state index contributed by atoms with van der Waals surface area (Å²) in [6.45, 7) is 6.25. The maximum atomic E-state index is 13.7. The second-order valence-electron chi connectivity index (χ2n) is 9.53. The molecule has 1 heterocycles. The number of hydrogen-bond acceptors (Lipinski definition) is 5. The number of aromatic amines is 1. The van der Waals surface area contributed by atoms with Crippen LogP contribution in [0.1, 0.15) is 42.1 Å². The van der Waals surface area contributed by atoms with Crippen LogP contribution in [0, 0.1) is 11.6 Å². The number of aromatic hydroxyl groups is 1. The van der Waals surface area contributed by atoms with Crippen molar-refractivity contribution in [1.82, 2.24) is 4.98 Å². The second-order valence-corrected chi connectivity index (χ2v) is 9.53. The number of aliphatic imine (C=N–C) groups is 1. The molecule has 6 nitrogen and oxygen atoms in total. The summed E-state index contributed by atoms with van der Waals surface area (Å²) in [5.41, 5.74) is 2.36. The Morgan fingerprint density at radius 1 is 1.00 bits per heavy atom. The predicted molar refractivity (Wildman–Crippen MR) is 156 cm³/mol. The molecule has 0 amide bonds. The number of ether oxygens (including phenoxy) is 2. The zero-order chi connectivity index (χ0) is 29.4. The molecular weight excluding hydrogens is 526 g/mol. The third kappa shape index (κ3) is 7.28. The van der Waals surface area contributed by atoms with E-state index in [0.29, 0.717) is 41.2 Å². The predicted octanol–water partition coefficient (Wildman–Crippen LogP) is 7.10. The molecule has 212 valence electrons. The van der Waals surface area contributed by atoms with Gasteiger partial charge in [-0.3, -0.25) is 9.79 Å². The van der Waals surface area contributed by atoms with Crippen LogP contribution in [0.5, 0.6) is 11.5 Å². The average Bonchev–Trinajstić information content (AvgIpc) is 2.96. The molecule has 0 aliphatic rings. The lowest BCUT2D eigenvalue weighted by atomic mass is 9.97. The topological polar surface area (TPSA) is 83.9 Å². The molecule has 0 atom stereocenters. The summed E-state index contributed by atoms with van der Waals surface area (Å²) in [4.78, 5) is 20.2. The van der Waals surface area contributed by atoms with Gasteiger partial charge in [0.15, 0.2) is 11.6 Å². The van der Waals surface area contributed by atoms with Crippen LogP contribution >= 0.6 is 0 Å². The highest BCUT2D eigenvalue weighted by Gasteiger charge is 2.24. The Labute approximate surface area is 237 Å². The zero-order valence-electron chi connectivity index (χ0n) is 23.0. The number of allylic oxidation sites excluding steroid dienone is 1. The number of aryl methyl sites for hydroxylation is 1. The highest BCUT2D eigenvalue weighted by Crippen LogP contribution is 2.36. The van der Waals surface area contributed by atoms with Crippen molar-refractivity contribution in [1.29, 1.82) is 0 Å². The fourth-order valence-corrected chi connectivity index (χ4v) is 4.43. The Bertz CT molecular complexity index is 1610. The van der Waals surface area contributed by atoms with Gasteiger partial charge in [-0.2, -0.15) is 0 Å². The van der Waals surface area contributed by atoms with E-state index in [0.717, 1.165) is 30.5 Å². The van der Waals surface area contributed by atoms with Crippen LogP contribution in [0.25, 0.3) is 11.1 Å². The van der Waals surface area contributed by atoms with Gasteiger partial charge >= 0.3 is 0 Å². The maximum Gasteiger partial charge on any atom is 0.264 e. The Morgan fingerprint density at radius 3 is 2.49 bits per heavy atom. The van der Waals surface area contributed by atoms with Gasteiger partial charge in [0.1, 0.15) is 29.4 Å². The third-order valence-electron chi connectivity index (χ3n) is 6.46. The smallest absolute Gasteiger partial charge is 0.264 e. The minimum Gasteiger partial charge on any atom is -0.506 e. The number of nitrogens with one attached hydrogen (secondary N) is 1. The zero-order valence-corrected chi connectivity index (χ0v) is 23.0. The molecule has 0 aliphatic carbocycles. The van der Waals surface area contributed by atoms with Crippen LogP contribution in [0.2, 0.25) is 0 Å². The first-order valence-corrected chi connectivity index (χ1v) is 13.3. The molecule has 0 spiro atoms. The molecule has 1 aromatic heterocycles. The van der Waals surface area contributed by atoms with Crippen LogP contribution in [0.3, 0.4) is 0 Å². The van der Waals surface area contributed by atoms with Crippen molar-refractivity contribution >= 4 is 5.90 Å². The fourth-order valence-electron chi connectivity index (χ4n) is 4.43. The van der Waals surface area contributed by atoms with Crippen molar-refractivity contribution in [3.63, 3.8) is 0 Å². The third-order valence-corrected chi connectivity index (χ3v) is 6.46. The molecule has 0 fully saturated rings. The standard InChI is InChI=1S/C33H32F2N2O4/c1-4-5-14-28-29(24-12-9-13-25(19-24)40-20-22-10-7-6-8-11-22)31(38)30(32(39)37-28)33(36-3)41-21(2)17-23-15-16-26(34)27(35)18-23/h6-13,15-16,18-19H,2,4-5,14,17,20H2,1,3H3,(H2,37,38,39). The lowest BCUT2D eigenvalue weighted by molar-refractivity contribution is 0.306. The van der Waals surface area contributed by atoms with E-state index < -0.39 is 17.2 Å². The molecule has 0 unspecified atom stereocenters. The summed E-state index contributed by atoms with van der Waals surface area (Å²) in [7, 11) is 1.42. The first kappa shape index (κ1) is 29.3. The van der Waals surface area contributed by atoms with Crippen molar-refractivity contribution < 1.29 is 23.4 Å². The monoisotopic (exact) mass is 558 g/mol. The number of hydrogen-bond donors (Lipinski definition) is 2. The van der Waals surface area contributed by atoms with Crippen LogP contribution in [-0.4, -0.2) is 23.0 Å². The largest absolute Gasteiger partial charge is 0.506 e. The molecule has 0 radical (unpaired) electrons. The van der Waals surface area contributed by atoms with Crippen LogP contribution in [0.15, 0.2) is 94.9 Å². The number of H-pyrrole nitrogens is 1. The second kappa shape index (κ2) is 13.6. The van der Waals surface area contributed by atoms with Gasteiger partial charge in [-0.1, -0.05) is 68.5 Å². The van der Waals surface area contributed by atoms with Crippen molar-refractivity contribution in [2.24, 2.45) is 4.99 Å². The van der Waals surface area contributed by atoms with E-state index in [2.05, 4.69) is 16.6 Å². The number of pyridine rings is 1. The van der Waals surface area contributed by atoms with Gasteiger partial charge in [-0.15, -0.1) is 0 Å². The molecule has 3 aromatic carbocycles. The van der Waals surface area contributed by atoms with E-state index in [9.17, 15) is 18.7 Å². The van der Waals surface area contributed by atoms with Crippen molar-refractivity contribution in [3.8, 4) is 22.6 Å². The molecule has 0 aliphatic heterocycles. The van der Waals surface area contributed by atoms with E-state index in [4.69, 9.17) is 9.47 Å². The van der Waals surface area contributed by atoms with Gasteiger partial charge in [-0.25, -0.2) is 8.78 Å². The lowest BCUT2D eigenvalue weighted by Crippen LogP contribution is -2.23. The van der Waals surface area contributed by atoms with Crippen LogP contribution in [0.4, 0.5) is 8.78 Å². The quantitative estimate of drug-likeness (QED) is 0.117. The van der Waals surface area contributed by atoms with E-state index in [1.165, 1.54) is 13.1 Å². The summed E-state index contributed by atoms with van der Waals surface area (Å²) in [6, 6.07) is 20.5. The maximum absolute atomic E-state index is 13.7. The SMILES string of the molecule is C=C(Cc1ccc(F)c(F)c1)OC(=NC)c1c(O)c(-c2cccc(OCc3ccccc3)c2)c(CCCC)[nH]c1=O. The molecule has 41 heavy (non-hydrogen) atoms. The van der Waals surface area contributed by atoms with Gasteiger partial charge in [0.2, 0.25) is 5.90 Å². The number of nitrogens with zero attached hydrogens (tertiary/aromatic N) is 1. The van der Waals surface area contributed by atoms with E-state index in [1.807, 2.05) is 55.5 Å². The molecule has 4 aromatic rings. The van der Waals surface area contributed by atoms with Gasteiger partial charge in [0, 0.05) is 24.7 Å². The molecule has 0 bridgehead atoms. The summed E-state index contributed by atoms with van der Waals surface area (Å²) in [6.07, 6.45) is 2.25. The summed E-state index contributed by atoms with van der Waals surface area (Å²) < 4.78 is 38.8. The number of halogens is 2. The highest BCUT2D eigenvalue weighted by molar-refractivity contribution is 5.99. The Balaban J connectivity index is 1.67. The molecule has 0 saturated carbocycles. The summed E-state index contributed by atoms with van der Waals surface area (Å²) in [5.74, 6) is -1.67. The number of unbranched alkanes of at least 4 members (excludes halogenated alkanes) is 1. The minimum atomic E-state index is -0.990. The minimum absolute atomic E-state index is 0.0388. The van der Waals surface area contributed by atoms with Crippen molar-refractivity contribution in [2.75, 3.05) is 7.05 Å². The van der Waals surface area contributed by atoms with Gasteiger partial charge in [-0.05, 0) is 53.8 Å². The summed E-state index contributed by atoms with van der Waals surface area (Å²) in [5, 5.41) is 11.5. The molecule has 2 N–H and O–H groups in total. The first-order valence-electron chi connectivity index (χ1n) is 13.3. The van der Waals surface area contributed by atoms with Gasteiger partial charge < -0.3 is 19.6 Å². The number of rotatable bonds is 11. The van der Waals surface area contributed by atoms with Crippen LogP contribution < -0.4 is 10.3 Å². The van der Waals surface area contributed by atoms with E-state index >= 15 is 0 Å².